The molecule has 6 nitrogen and oxygen atoms in total. The van der Waals surface area contributed by atoms with Gasteiger partial charge in [-0.2, -0.15) is 0 Å². The molecule has 9 heteroatoms. The van der Waals surface area contributed by atoms with Crippen LogP contribution in [0.25, 0.3) is 0 Å². The van der Waals surface area contributed by atoms with Gasteiger partial charge in [-0.25, -0.2) is 0 Å². The van der Waals surface area contributed by atoms with Gasteiger partial charge in [-0.3, -0.25) is 0 Å². The Morgan fingerprint density at radius 3 is 0.556 bits per heavy atom. The third-order valence-electron chi connectivity index (χ3n) is 6.95. The molecule has 45 heavy (non-hydrogen) atoms. The van der Waals surface area contributed by atoms with E-state index in [-0.39, 0.29) is 7.96 Å². The van der Waals surface area contributed by atoms with Gasteiger partial charge in [0.2, 0.25) is 0 Å². The van der Waals surface area contributed by atoms with E-state index in [0.29, 0.717) is 34.5 Å². The Balaban J connectivity index is 1.56. The number of para-hydroxylation sites is 6. The Kier molecular flexibility index (Phi) is 7.59. The van der Waals surface area contributed by atoms with Crippen LogP contribution in [-0.2, 0) is 0 Å². The molecule has 0 atom stereocenters. The van der Waals surface area contributed by atoms with E-state index in [1.165, 1.54) is 0 Å². The van der Waals surface area contributed by atoms with E-state index in [1.807, 2.05) is 182 Å². The molecule has 0 N–H and O–H groups in total. The summed E-state index contributed by atoms with van der Waals surface area (Å²) >= 11 is 0. The Morgan fingerprint density at radius 1 is 0.244 bits per heavy atom. The molecule has 0 saturated carbocycles. The molecule has 0 aliphatic carbocycles. The SMILES string of the molecule is c1ccc(OP2(Oc3ccccc3)(Oc3ccccc3)PP2(Oc2ccccc2)(Oc2ccccc2)Oc2ccccc2)cc1. The predicted molar refractivity (Wildman–Crippen MR) is 185 cm³/mol. The van der Waals surface area contributed by atoms with Crippen LogP contribution in [0.3, 0.4) is 0 Å². The average molecular weight is 653 g/mol. The molecule has 0 spiro atoms. The number of hydrogen-bond donors (Lipinski definition) is 0. The van der Waals surface area contributed by atoms with Crippen molar-refractivity contribution in [3.63, 3.8) is 0 Å². The molecule has 7 rings (SSSR count). The first-order valence-electron chi connectivity index (χ1n) is 14.4. The Labute approximate surface area is 264 Å². The van der Waals surface area contributed by atoms with Gasteiger partial charge in [0.05, 0.1) is 0 Å². The summed E-state index contributed by atoms with van der Waals surface area (Å²) in [5, 5.41) is 0. The minimum atomic E-state index is -4.75. The van der Waals surface area contributed by atoms with Crippen LogP contribution < -0.4 is 27.1 Å². The summed E-state index contributed by atoms with van der Waals surface area (Å²) in [6, 6.07) is 56.9. The molecule has 0 amide bonds. The van der Waals surface area contributed by atoms with Gasteiger partial charge in [0.15, 0.2) is 0 Å². The number of benzene rings is 6. The summed E-state index contributed by atoms with van der Waals surface area (Å²) in [6.07, 6.45) is 0. The van der Waals surface area contributed by atoms with E-state index >= 15 is 0 Å². The summed E-state index contributed by atoms with van der Waals surface area (Å²) in [6.45, 7) is -9.50. The van der Waals surface area contributed by atoms with Crippen LogP contribution in [0.5, 0.6) is 34.5 Å². The van der Waals surface area contributed by atoms with Gasteiger partial charge in [-0.1, -0.05) is 0 Å². The van der Waals surface area contributed by atoms with E-state index in [2.05, 4.69) is 0 Å². The van der Waals surface area contributed by atoms with Crippen LogP contribution >= 0.6 is 21.3 Å². The molecule has 6 aromatic carbocycles. The monoisotopic (exact) mass is 652 g/mol. The second-order valence-corrected chi connectivity index (χ2v) is 28.3. The Bertz CT molecular complexity index is 1500. The van der Waals surface area contributed by atoms with Gasteiger partial charge in [0.1, 0.15) is 0 Å². The van der Waals surface area contributed by atoms with Gasteiger partial charge < -0.3 is 0 Å². The van der Waals surface area contributed by atoms with Gasteiger partial charge in [-0.15, -0.1) is 0 Å². The molecule has 0 radical (unpaired) electrons. The fraction of sp³-hybridized carbons (Fsp3) is 0. The zero-order valence-electron chi connectivity index (χ0n) is 24.2. The molecule has 0 bridgehead atoms. The zero-order chi connectivity index (χ0) is 30.5. The molecule has 1 saturated heterocycles. The fourth-order valence-electron chi connectivity index (χ4n) is 4.92. The molecular formula is C36H31O6P3. The van der Waals surface area contributed by atoms with Crippen LogP contribution in [0.2, 0.25) is 0 Å². The summed E-state index contributed by atoms with van der Waals surface area (Å²) < 4.78 is 43.4. The molecule has 1 heterocycles. The molecule has 1 fully saturated rings. The molecule has 0 unspecified atom stereocenters. The number of rotatable bonds is 12. The van der Waals surface area contributed by atoms with Crippen molar-refractivity contribution < 1.29 is 27.1 Å². The van der Waals surface area contributed by atoms with Gasteiger partial charge in [0.25, 0.3) is 0 Å². The van der Waals surface area contributed by atoms with Crippen molar-refractivity contribution in [1.29, 1.82) is 0 Å². The van der Waals surface area contributed by atoms with Crippen molar-refractivity contribution in [2.75, 3.05) is 0 Å². The van der Waals surface area contributed by atoms with Crippen molar-refractivity contribution in [2.24, 2.45) is 0 Å². The van der Waals surface area contributed by atoms with Crippen molar-refractivity contribution in [2.45, 2.75) is 0 Å². The summed E-state index contributed by atoms with van der Waals surface area (Å²) in [5.74, 6) is 3.20. The van der Waals surface area contributed by atoms with E-state index in [4.69, 9.17) is 27.1 Å². The van der Waals surface area contributed by atoms with Gasteiger partial charge in [0, 0.05) is 0 Å². The van der Waals surface area contributed by atoms with Crippen LogP contribution in [0.4, 0.5) is 0 Å². The molecule has 226 valence electrons. The Morgan fingerprint density at radius 2 is 0.400 bits per heavy atom. The van der Waals surface area contributed by atoms with Crippen molar-refractivity contribution in [1.82, 2.24) is 0 Å². The first-order valence-corrected chi connectivity index (χ1v) is 21.8. The summed E-state index contributed by atoms with van der Waals surface area (Å²) in [5.41, 5.74) is 0. The Hall–Kier alpha value is -4.59. The third kappa shape index (κ3) is 5.36. The quantitative estimate of drug-likeness (QED) is 0.123. The minimum absolute atomic E-state index is 0.322. The van der Waals surface area contributed by atoms with Crippen molar-refractivity contribution in [3.05, 3.63) is 182 Å². The van der Waals surface area contributed by atoms with Crippen LogP contribution in [0.15, 0.2) is 182 Å². The van der Waals surface area contributed by atoms with Crippen molar-refractivity contribution >= 4 is 21.3 Å². The standard InChI is InChI=1S/C36H31O6P3/c1-7-19-31(20-8-1)37-44(38-32-21-9-2-10-22-32,39-33-23-11-3-12-24-33)43-45(44,40-34-25-13-4-14-26-34,41-35-27-15-5-16-28-35)42-36-29-17-6-18-30-36/h1-30,43H. The average Bonchev–Trinajstić information content (AvgIpc) is 3.55. The normalized spacial score (nSPS) is 18.8. The van der Waals surface area contributed by atoms with Crippen molar-refractivity contribution in [3.8, 4) is 34.5 Å². The van der Waals surface area contributed by atoms with E-state index in [9.17, 15) is 0 Å². The van der Waals surface area contributed by atoms with E-state index in [1.54, 1.807) is 0 Å². The molecule has 0 aromatic heterocycles. The van der Waals surface area contributed by atoms with E-state index in [0.717, 1.165) is 0 Å². The fourth-order valence-corrected chi connectivity index (χ4v) is 33.1. The van der Waals surface area contributed by atoms with Crippen LogP contribution in [0, 0.1) is 0 Å². The maximum absolute atomic E-state index is 7.23. The van der Waals surface area contributed by atoms with Crippen LogP contribution in [-0.4, -0.2) is 0 Å². The van der Waals surface area contributed by atoms with E-state index < -0.39 is 13.3 Å². The molecular weight excluding hydrogens is 621 g/mol. The second-order valence-electron chi connectivity index (χ2n) is 10.2. The predicted octanol–water partition coefficient (Wildman–Crippen LogP) is 11.5. The first kappa shape index (κ1) is 29.1. The summed E-state index contributed by atoms with van der Waals surface area (Å²) in [4.78, 5) is 0. The molecule has 1 aliphatic rings. The number of hydrogen-bond acceptors (Lipinski definition) is 6. The topological polar surface area (TPSA) is 55.4 Å². The zero-order valence-corrected chi connectivity index (χ0v) is 27.0. The third-order valence-corrected chi connectivity index (χ3v) is 31.0. The first-order chi connectivity index (χ1) is 22.1. The van der Waals surface area contributed by atoms with Gasteiger partial charge >= 0.3 is 265 Å². The second kappa shape index (κ2) is 11.7. The van der Waals surface area contributed by atoms with Gasteiger partial charge in [-0.05, 0) is 0 Å². The molecule has 6 aromatic rings. The maximum atomic E-state index is 7.23. The molecule has 1 aliphatic heterocycles. The van der Waals surface area contributed by atoms with Crippen LogP contribution in [0.1, 0.15) is 0 Å². The summed E-state index contributed by atoms with van der Waals surface area (Å²) in [7, 11) is -0.322.